The number of hydrogen-bond donors (Lipinski definition) is 1. The SMILES string of the molecule is CSCc1cccc(C(=O)NCc2ccccc2S(=O)(=O)N2CCOCC2)c1. The standard InChI is InChI=1S/C20H24N2O4S2/c1-27-15-16-5-4-7-17(13-16)20(23)21-14-18-6-2-3-8-19(18)28(24,25)22-9-11-26-12-10-22/h2-8,13H,9-12,14-15H2,1H3,(H,21,23). The third-order valence-corrected chi connectivity index (χ3v) is 7.12. The molecule has 1 aliphatic rings. The van der Waals surface area contributed by atoms with Gasteiger partial charge in [-0.15, -0.1) is 0 Å². The van der Waals surface area contributed by atoms with Crippen molar-refractivity contribution < 1.29 is 17.9 Å². The Morgan fingerprint density at radius 3 is 2.64 bits per heavy atom. The van der Waals surface area contributed by atoms with Crippen LogP contribution in [0.4, 0.5) is 0 Å². The lowest BCUT2D eigenvalue weighted by Gasteiger charge is -2.27. The summed E-state index contributed by atoms with van der Waals surface area (Å²) in [5, 5.41) is 2.85. The molecule has 0 aliphatic carbocycles. The Bertz CT molecular complexity index is 925. The molecule has 2 aromatic rings. The molecule has 0 radical (unpaired) electrons. The summed E-state index contributed by atoms with van der Waals surface area (Å²) < 4.78 is 32.7. The summed E-state index contributed by atoms with van der Waals surface area (Å²) in [6.45, 7) is 1.61. The number of benzene rings is 2. The highest BCUT2D eigenvalue weighted by Gasteiger charge is 2.28. The third kappa shape index (κ3) is 4.94. The maximum Gasteiger partial charge on any atom is 0.251 e. The fraction of sp³-hybridized carbons (Fsp3) is 0.350. The summed E-state index contributed by atoms with van der Waals surface area (Å²) in [5.41, 5.74) is 2.22. The zero-order chi connectivity index (χ0) is 20.0. The van der Waals surface area contributed by atoms with Gasteiger partial charge < -0.3 is 10.1 Å². The smallest absolute Gasteiger partial charge is 0.251 e. The van der Waals surface area contributed by atoms with Gasteiger partial charge in [0.25, 0.3) is 5.91 Å². The molecule has 1 amide bonds. The molecule has 0 spiro atoms. The lowest BCUT2D eigenvalue weighted by Crippen LogP contribution is -2.41. The van der Waals surface area contributed by atoms with Gasteiger partial charge in [0, 0.05) is 31.0 Å². The Kier molecular flexibility index (Phi) is 7.12. The average Bonchev–Trinajstić information content (AvgIpc) is 2.73. The Hall–Kier alpha value is -1.87. The molecule has 0 aromatic heterocycles. The Morgan fingerprint density at radius 1 is 1.14 bits per heavy atom. The highest BCUT2D eigenvalue weighted by atomic mass is 32.2. The molecule has 1 aliphatic heterocycles. The molecule has 0 unspecified atom stereocenters. The Morgan fingerprint density at radius 2 is 1.89 bits per heavy atom. The molecule has 0 bridgehead atoms. The van der Waals surface area contributed by atoms with E-state index in [1.807, 2.05) is 24.5 Å². The highest BCUT2D eigenvalue weighted by Crippen LogP contribution is 2.21. The molecule has 6 nitrogen and oxygen atoms in total. The van der Waals surface area contributed by atoms with E-state index in [1.165, 1.54) is 4.31 Å². The lowest BCUT2D eigenvalue weighted by molar-refractivity contribution is 0.0730. The minimum absolute atomic E-state index is 0.144. The fourth-order valence-corrected chi connectivity index (χ4v) is 5.22. The van der Waals surface area contributed by atoms with Crippen molar-refractivity contribution >= 4 is 27.7 Å². The van der Waals surface area contributed by atoms with Crippen LogP contribution in [0.5, 0.6) is 0 Å². The summed E-state index contributed by atoms with van der Waals surface area (Å²) in [6.07, 6.45) is 2.01. The van der Waals surface area contributed by atoms with Gasteiger partial charge in [0.1, 0.15) is 0 Å². The van der Waals surface area contributed by atoms with Gasteiger partial charge in [-0.25, -0.2) is 8.42 Å². The number of morpholine rings is 1. The van der Waals surface area contributed by atoms with Crippen LogP contribution in [0.15, 0.2) is 53.4 Å². The first kappa shape index (κ1) is 20.9. The first-order valence-electron chi connectivity index (χ1n) is 9.04. The van der Waals surface area contributed by atoms with Crippen LogP contribution < -0.4 is 5.32 Å². The molecule has 28 heavy (non-hydrogen) atoms. The number of sulfonamides is 1. The number of carbonyl (C=O) groups is 1. The van der Waals surface area contributed by atoms with E-state index >= 15 is 0 Å². The molecular weight excluding hydrogens is 396 g/mol. The molecule has 1 saturated heterocycles. The number of amides is 1. The van der Waals surface area contributed by atoms with Crippen molar-refractivity contribution in [1.29, 1.82) is 0 Å². The topological polar surface area (TPSA) is 75.7 Å². The van der Waals surface area contributed by atoms with Gasteiger partial charge in [-0.2, -0.15) is 16.1 Å². The van der Waals surface area contributed by atoms with E-state index in [1.54, 1.807) is 42.1 Å². The first-order chi connectivity index (χ1) is 13.5. The molecule has 8 heteroatoms. The monoisotopic (exact) mass is 420 g/mol. The van der Waals surface area contributed by atoms with Crippen molar-refractivity contribution in [2.45, 2.75) is 17.2 Å². The summed E-state index contributed by atoms with van der Waals surface area (Å²) in [4.78, 5) is 12.8. The third-order valence-electron chi connectivity index (χ3n) is 4.50. The number of carbonyl (C=O) groups excluding carboxylic acids is 1. The lowest BCUT2D eigenvalue weighted by atomic mass is 10.1. The van der Waals surface area contributed by atoms with E-state index in [0.717, 1.165) is 11.3 Å². The number of ether oxygens (including phenoxy) is 1. The van der Waals surface area contributed by atoms with Crippen LogP contribution in [0.3, 0.4) is 0 Å². The molecule has 3 rings (SSSR count). The van der Waals surface area contributed by atoms with Gasteiger partial charge in [0.15, 0.2) is 0 Å². The van der Waals surface area contributed by atoms with Crippen LogP contribution in [-0.2, 0) is 27.1 Å². The molecule has 1 N–H and O–H groups in total. The molecule has 2 aromatic carbocycles. The van der Waals surface area contributed by atoms with Gasteiger partial charge in [-0.05, 0) is 35.6 Å². The Labute approximate surface area is 170 Å². The zero-order valence-electron chi connectivity index (χ0n) is 15.8. The summed E-state index contributed by atoms with van der Waals surface area (Å²) in [5.74, 6) is 0.614. The largest absolute Gasteiger partial charge is 0.379 e. The number of hydrogen-bond acceptors (Lipinski definition) is 5. The van der Waals surface area contributed by atoms with Crippen LogP contribution in [0, 0.1) is 0 Å². The van der Waals surface area contributed by atoms with Crippen LogP contribution in [0.1, 0.15) is 21.5 Å². The van der Waals surface area contributed by atoms with Crippen molar-refractivity contribution in [3.05, 3.63) is 65.2 Å². The van der Waals surface area contributed by atoms with E-state index in [0.29, 0.717) is 37.4 Å². The van der Waals surface area contributed by atoms with E-state index in [-0.39, 0.29) is 17.3 Å². The van der Waals surface area contributed by atoms with Crippen molar-refractivity contribution in [1.82, 2.24) is 9.62 Å². The molecule has 0 atom stereocenters. The second-order valence-electron chi connectivity index (χ2n) is 6.44. The van der Waals surface area contributed by atoms with Gasteiger partial charge in [0.2, 0.25) is 10.0 Å². The molecular formula is C20H24N2O4S2. The highest BCUT2D eigenvalue weighted by molar-refractivity contribution is 7.97. The van der Waals surface area contributed by atoms with Gasteiger partial charge >= 0.3 is 0 Å². The number of nitrogens with zero attached hydrogens (tertiary/aromatic N) is 1. The van der Waals surface area contributed by atoms with E-state index in [9.17, 15) is 13.2 Å². The normalized spacial score (nSPS) is 15.3. The van der Waals surface area contributed by atoms with Crippen molar-refractivity contribution in [2.75, 3.05) is 32.6 Å². The zero-order valence-corrected chi connectivity index (χ0v) is 17.4. The summed E-state index contributed by atoms with van der Waals surface area (Å²) in [6, 6.07) is 14.3. The van der Waals surface area contributed by atoms with Crippen LogP contribution >= 0.6 is 11.8 Å². The number of nitrogens with one attached hydrogen (secondary N) is 1. The number of thioether (sulfide) groups is 1. The summed E-state index contributed by atoms with van der Waals surface area (Å²) >= 11 is 1.69. The average molecular weight is 421 g/mol. The van der Waals surface area contributed by atoms with Gasteiger partial charge in [-0.1, -0.05) is 30.3 Å². The summed E-state index contributed by atoms with van der Waals surface area (Å²) in [7, 11) is -3.62. The van der Waals surface area contributed by atoms with E-state index in [4.69, 9.17) is 4.74 Å². The number of rotatable bonds is 7. The van der Waals surface area contributed by atoms with Crippen LogP contribution in [0.2, 0.25) is 0 Å². The van der Waals surface area contributed by atoms with Crippen LogP contribution in [-0.4, -0.2) is 51.2 Å². The minimum Gasteiger partial charge on any atom is -0.379 e. The van der Waals surface area contributed by atoms with Gasteiger partial charge in [0.05, 0.1) is 18.1 Å². The molecule has 0 saturated carbocycles. The Balaban J connectivity index is 1.75. The van der Waals surface area contributed by atoms with Crippen molar-refractivity contribution in [2.24, 2.45) is 0 Å². The van der Waals surface area contributed by atoms with Crippen molar-refractivity contribution in [3.8, 4) is 0 Å². The molecule has 150 valence electrons. The first-order valence-corrected chi connectivity index (χ1v) is 11.9. The molecule has 1 fully saturated rings. The second-order valence-corrected chi connectivity index (χ2v) is 9.21. The van der Waals surface area contributed by atoms with Gasteiger partial charge in [-0.3, -0.25) is 4.79 Å². The predicted octanol–water partition coefficient (Wildman–Crippen LogP) is 2.50. The van der Waals surface area contributed by atoms with E-state index < -0.39 is 10.0 Å². The predicted molar refractivity (Wildman–Crippen MR) is 111 cm³/mol. The maximum atomic E-state index is 13.0. The minimum atomic E-state index is -3.62. The second kappa shape index (κ2) is 9.56. The quantitative estimate of drug-likeness (QED) is 0.745. The maximum absolute atomic E-state index is 13.0. The van der Waals surface area contributed by atoms with E-state index in [2.05, 4.69) is 5.32 Å². The van der Waals surface area contributed by atoms with Crippen LogP contribution in [0.25, 0.3) is 0 Å². The molecule has 1 heterocycles. The van der Waals surface area contributed by atoms with Crippen molar-refractivity contribution in [3.63, 3.8) is 0 Å². The fourth-order valence-electron chi connectivity index (χ4n) is 3.07.